The number of unbranched alkanes of at least 4 members (excludes halogenated alkanes) is 3. The van der Waals surface area contributed by atoms with Crippen LogP contribution in [-0.4, -0.2) is 23.9 Å². The molecule has 0 aromatic carbocycles. The van der Waals surface area contributed by atoms with Crippen LogP contribution >= 0.6 is 0 Å². The number of hydrogen-bond donors (Lipinski definition) is 1. The van der Waals surface area contributed by atoms with Crippen LogP contribution < -0.4 is 0 Å². The number of hydrogen-bond acceptors (Lipinski definition) is 2. The summed E-state index contributed by atoms with van der Waals surface area (Å²) in [6, 6.07) is 0. The van der Waals surface area contributed by atoms with Crippen molar-refractivity contribution in [1.82, 2.24) is 0 Å². The van der Waals surface area contributed by atoms with Gasteiger partial charge >= 0.3 is 0 Å². The zero-order chi connectivity index (χ0) is 10.1. The molecule has 2 atom stereocenters. The fourth-order valence-corrected chi connectivity index (χ4v) is 1.24. The Kier molecular flexibility index (Phi) is 8.46. The Hall–Kier alpha value is -0.0800. The maximum atomic E-state index is 9.40. The molecule has 1 N–H and O–H groups in total. The maximum Gasteiger partial charge on any atom is 0.0805 e. The predicted molar refractivity (Wildman–Crippen MR) is 55.9 cm³/mol. The second-order valence-electron chi connectivity index (χ2n) is 3.61. The number of ether oxygens (including phenoxy) is 1. The van der Waals surface area contributed by atoms with Gasteiger partial charge in [-0.3, -0.25) is 0 Å². The van der Waals surface area contributed by atoms with Crippen LogP contribution in [0.25, 0.3) is 0 Å². The fraction of sp³-hybridized carbons (Fsp3) is 1.00. The van der Waals surface area contributed by atoms with Crippen LogP contribution in [0.15, 0.2) is 0 Å². The molecule has 80 valence electrons. The molecule has 0 saturated carbocycles. The lowest BCUT2D eigenvalue weighted by Gasteiger charge is -2.17. The van der Waals surface area contributed by atoms with Gasteiger partial charge in [0.25, 0.3) is 0 Å². The molecule has 13 heavy (non-hydrogen) atoms. The van der Waals surface area contributed by atoms with Crippen molar-refractivity contribution >= 4 is 0 Å². The van der Waals surface area contributed by atoms with E-state index in [0.29, 0.717) is 0 Å². The van der Waals surface area contributed by atoms with Crippen molar-refractivity contribution in [2.24, 2.45) is 0 Å². The third-order valence-corrected chi connectivity index (χ3v) is 2.34. The van der Waals surface area contributed by atoms with E-state index in [2.05, 4.69) is 6.92 Å². The Morgan fingerprint density at radius 3 is 2.38 bits per heavy atom. The van der Waals surface area contributed by atoms with Crippen molar-refractivity contribution in [3.8, 4) is 0 Å². The number of aliphatic hydroxyl groups is 1. The Morgan fingerprint density at radius 2 is 1.85 bits per heavy atom. The Labute approximate surface area is 82.3 Å². The van der Waals surface area contributed by atoms with Gasteiger partial charge in [-0.1, -0.05) is 33.1 Å². The molecular formula is C11H24O2. The molecule has 0 aliphatic carbocycles. The minimum absolute atomic E-state index is 0.00775. The van der Waals surface area contributed by atoms with Crippen LogP contribution in [0.2, 0.25) is 0 Å². The first-order chi connectivity index (χ1) is 6.22. The van der Waals surface area contributed by atoms with Crippen molar-refractivity contribution in [3.63, 3.8) is 0 Å². The Morgan fingerprint density at radius 1 is 1.15 bits per heavy atom. The highest BCUT2D eigenvalue weighted by atomic mass is 16.5. The van der Waals surface area contributed by atoms with E-state index >= 15 is 0 Å². The molecule has 0 fully saturated rings. The fourth-order valence-electron chi connectivity index (χ4n) is 1.24. The lowest BCUT2D eigenvalue weighted by Crippen LogP contribution is -2.25. The molecule has 0 bridgehead atoms. The SMILES string of the molecule is CCCCCCOC(C)C(O)CC. The highest BCUT2D eigenvalue weighted by molar-refractivity contribution is 4.61. The average Bonchev–Trinajstić information content (AvgIpc) is 2.16. The van der Waals surface area contributed by atoms with E-state index in [4.69, 9.17) is 4.74 Å². The topological polar surface area (TPSA) is 29.5 Å². The lowest BCUT2D eigenvalue weighted by atomic mass is 10.2. The van der Waals surface area contributed by atoms with Crippen molar-refractivity contribution in [1.29, 1.82) is 0 Å². The van der Waals surface area contributed by atoms with Gasteiger partial charge in [-0.05, 0) is 19.8 Å². The summed E-state index contributed by atoms with van der Waals surface area (Å²) in [5.41, 5.74) is 0. The molecule has 0 amide bonds. The van der Waals surface area contributed by atoms with Crippen LogP contribution in [-0.2, 0) is 4.74 Å². The maximum absolute atomic E-state index is 9.40. The standard InChI is InChI=1S/C11H24O2/c1-4-6-7-8-9-13-10(3)11(12)5-2/h10-12H,4-9H2,1-3H3. The van der Waals surface area contributed by atoms with Crippen LogP contribution in [0.1, 0.15) is 52.9 Å². The summed E-state index contributed by atoms with van der Waals surface area (Å²) in [5.74, 6) is 0. The molecule has 0 radical (unpaired) electrons. The second kappa shape index (κ2) is 8.52. The first kappa shape index (κ1) is 12.9. The molecule has 0 heterocycles. The summed E-state index contributed by atoms with van der Waals surface area (Å²) in [6.45, 7) is 6.90. The van der Waals surface area contributed by atoms with E-state index in [0.717, 1.165) is 19.4 Å². The molecule has 0 spiro atoms. The minimum Gasteiger partial charge on any atom is -0.390 e. The van der Waals surface area contributed by atoms with Gasteiger partial charge < -0.3 is 9.84 Å². The average molecular weight is 188 g/mol. The van der Waals surface area contributed by atoms with E-state index in [1.807, 2.05) is 13.8 Å². The van der Waals surface area contributed by atoms with Gasteiger partial charge in [0.15, 0.2) is 0 Å². The molecule has 0 aliphatic rings. The first-order valence-corrected chi connectivity index (χ1v) is 5.52. The second-order valence-corrected chi connectivity index (χ2v) is 3.61. The third-order valence-electron chi connectivity index (χ3n) is 2.34. The van der Waals surface area contributed by atoms with Gasteiger partial charge in [0.2, 0.25) is 0 Å². The number of rotatable bonds is 8. The van der Waals surface area contributed by atoms with Crippen molar-refractivity contribution in [3.05, 3.63) is 0 Å². The largest absolute Gasteiger partial charge is 0.390 e. The van der Waals surface area contributed by atoms with Crippen LogP contribution in [0, 0.1) is 0 Å². The highest BCUT2D eigenvalue weighted by Gasteiger charge is 2.11. The van der Waals surface area contributed by atoms with Crippen molar-refractivity contribution in [2.45, 2.75) is 65.1 Å². The van der Waals surface area contributed by atoms with E-state index in [-0.39, 0.29) is 12.2 Å². The van der Waals surface area contributed by atoms with Crippen LogP contribution in [0.3, 0.4) is 0 Å². The van der Waals surface area contributed by atoms with Gasteiger partial charge in [0.1, 0.15) is 0 Å². The summed E-state index contributed by atoms with van der Waals surface area (Å²) in [4.78, 5) is 0. The van der Waals surface area contributed by atoms with E-state index in [1.54, 1.807) is 0 Å². The van der Waals surface area contributed by atoms with Gasteiger partial charge in [0.05, 0.1) is 12.2 Å². The molecule has 2 nitrogen and oxygen atoms in total. The van der Waals surface area contributed by atoms with E-state index < -0.39 is 0 Å². The van der Waals surface area contributed by atoms with Crippen molar-refractivity contribution in [2.75, 3.05) is 6.61 Å². The van der Waals surface area contributed by atoms with Crippen LogP contribution in [0.4, 0.5) is 0 Å². The Balaban J connectivity index is 3.21. The summed E-state index contributed by atoms with van der Waals surface area (Å²) in [6.07, 6.45) is 5.37. The first-order valence-electron chi connectivity index (χ1n) is 5.52. The van der Waals surface area contributed by atoms with Gasteiger partial charge in [-0.25, -0.2) is 0 Å². The molecular weight excluding hydrogens is 164 g/mol. The molecule has 2 unspecified atom stereocenters. The smallest absolute Gasteiger partial charge is 0.0805 e. The monoisotopic (exact) mass is 188 g/mol. The summed E-state index contributed by atoms with van der Waals surface area (Å²) in [7, 11) is 0. The zero-order valence-corrected chi connectivity index (χ0v) is 9.25. The molecule has 0 aromatic heterocycles. The summed E-state index contributed by atoms with van der Waals surface area (Å²) >= 11 is 0. The van der Waals surface area contributed by atoms with E-state index in [1.165, 1.54) is 19.3 Å². The summed E-state index contributed by atoms with van der Waals surface area (Å²) in [5, 5.41) is 9.40. The molecule has 2 heteroatoms. The van der Waals surface area contributed by atoms with Gasteiger partial charge in [0, 0.05) is 6.61 Å². The van der Waals surface area contributed by atoms with Gasteiger partial charge in [-0.15, -0.1) is 0 Å². The minimum atomic E-state index is -0.300. The quantitative estimate of drug-likeness (QED) is 0.593. The number of aliphatic hydroxyl groups excluding tert-OH is 1. The molecule has 0 rings (SSSR count). The van der Waals surface area contributed by atoms with Crippen molar-refractivity contribution < 1.29 is 9.84 Å². The lowest BCUT2D eigenvalue weighted by molar-refractivity contribution is -0.0288. The van der Waals surface area contributed by atoms with E-state index in [9.17, 15) is 5.11 Å². The van der Waals surface area contributed by atoms with Crippen LogP contribution in [0.5, 0.6) is 0 Å². The van der Waals surface area contributed by atoms with Gasteiger partial charge in [-0.2, -0.15) is 0 Å². The summed E-state index contributed by atoms with van der Waals surface area (Å²) < 4.78 is 5.49. The highest BCUT2D eigenvalue weighted by Crippen LogP contribution is 2.05. The predicted octanol–water partition coefficient (Wildman–Crippen LogP) is 2.74. The third kappa shape index (κ3) is 7.03. The normalized spacial score (nSPS) is 15.7. The molecule has 0 aromatic rings. The molecule has 0 aliphatic heterocycles. The molecule has 0 saturated heterocycles. The zero-order valence-electron chi connectivity index (χ0n) is 9.25. The Bertz CT molecular complexity index is 104.